The molecule has 0 heterocycles. The minimum Gasteiger partial charge on any atom is -0.369 e. The van der Waals surface area contributed by atoms with Crippen molar-refractivity contribution in [2.45, 2.75) is 34.1 Å². The van der Waals surface area contributed by atoms with Crippen molar-refractivity contribution in [3.05, 3.63) is 41.5 Å². The molecule has 0 radical (unpaired) electrons. The first-order valence-electron chi connectivity index (χ1n) is 7.55. The number of amides is 2. The minimum atomic E-state index is -0.360. The molecule has 1 aromatic carbocycles. The van der Waals surface area contributed by atoms with Gasteiger partial charge in [-0.15, -0.1) is 0 Å². The first-order chi connectivity index (χ1) is 10.2. The number of carbonyl (C=O) groups excluding carboxylic acids is 2. The quantitative estimate of drug-likeness (QED) is 0.821. The highest BCUT2D eigenvalue weighted by molar-refractivity contribution is 5.95. The second-order valence-electron chi connectivity index (χ2n) is 6.90. The summed E-state index contributed by atoms with van der Waals surface area (Å²) in [5.41, 5.74) is 8.00. The number of allylic oxidation sites excluding steroid dienone is 2. The molecule has 4 nitrogen and oxygen atoms in total. The zero-order valence-corrected chi connectivity index (χ0v) is 13.6. The van der Waals surface area contributed by atoms with Gasteiger partial charge in [0.2, 0.25) is 11.8 Å². The highest BCUT2D eigenvalue weighted by Crippen LogP contribution is 2.59. The summed E-state index contributed by atoms with van der Waals surface area (Å²) < 4.78 is 0. The molecule has 1 saturated carbocycles. The van der Waals surface area contributed by atoms with Crippen LogP contribution in [0.2, 0.25) is 0 Å². The summed E-state index contributed by atoms with van der Waals surface area (Å²) in [7, 11) is 0. The van der Waals surface area contributed by atoms with Crippen LogP contribution in [-0.2, 0) is 16.0 Å². The molecule has 4 heteroatoms. The molecule has 1 aromatic rings. The number of primary amides is 1. The fourth-order valence-electron chi connectivity index (χ4n) is 2.98. The summed E-state index contributed by atoms with van der Waals surface area (Å²) >= 11 is 0. The molecular weight excluding hydrogens is 276 g/mol. The summed E-state index contributed by atoms with van der Waals surface area (Å²) in [5, 5.41) is 2.96. The molecule has 0 spiro atoms. The molecule has 2 atom stereocenters. The van der Waals surface area contributed by atoms with Crippen LogP contribution in [0.25, 0.3) is 0 Å². The smallest absolute Gasteiger partial charge is 0.228 e. The summed E-state index contributed by atoms with van der Waals surface area (Å²) in [5.74, 6) is -0.00411. The van der Waals surface area contributed by atoms with E-state index in [4.69, 9.17) is 5.73 Å². The minimum absolute atomic E-state index is 0.00713. The van der Waals surface area contributed by atoms with E-state index in [0.29, 0.717) is 5.92 Å². The van der Waals surface area contributed by atoms with E-state index in [-0.39, 0.29) is 29.6 Å². The fourth-order valence-corrected chi connectivity index (χ4v) is 2.98. The summed E-state index contributed by atoms with van der Waals surface area (Å²) in [6, 6.07) is 7.24. The summed E-state index contributed by atoms with van der Waals surface area (Å²) in [6.07, 6.45) is 2.40. The number of nitrogens with two attached hydrogens (primary N) is 1. The van der Waals surface area contributed by atoms with Gasteiger partial charge in [0.15, 0.2) is 0 Å². The van der Waals surface area contributed by atoms with Gasteiger partial charge in [-0.25, -0.2) is 0 Å². The Morgan fingerprint density at radius 2 is 1.82 bits per heavy atom. The first-order valence-corrected chi connectivity index (χ1v) is 7.55. The molecule has 1 aliphatic carbocycles. The van der Waals surface area contributed by atoms with E-state index in [0.717, 1.165) is 11.3 Å². The largest absolute Gasteiger partial charge is 0.369 e. The molecule has 1 fully saturated rings. The number of anilines is 1. The molecule has 1 aliphatic rings. The van der Waals surface area contributed by atoms with Gasteiger partial charge in [0, 0.05) is 5.69 Å². The first kappa shape index (κ1) is 16.3. The van der Waals surface area contributed by atoms with Crippen molar-refractivity contribution in [3.63, 3.8) is 0 Å². The zero-order valence-electron chi connectivity index (χ0n) is 13.6. The Hall–Kier alpha value is -2.10. The summed E-state index contributed by atoms with van der Waals surface area (Å²) in [4.78, 5) is 23.3. The number of nitrogens with one attached hydrogen (secondary N) is 1. The Morgan fingerprint density at radius 3 is 2.32 bits per heavy atom. The van der Waals surface area contributed by atoms with Crippen LogP contribution in [0.5, 0.6) is 0 Å². The van der Waals surface area contributed by atoms with Gasteiger partial charge in [0.1, 0.15) is 0 Å². The molecule has 118 valence electrons. The van der Waals surface area contributed by atoms with Gasteiger partial charge >= 0.3 is 0 Å². The molecule has 0 bridgehead atoms. The van der Waals surface area contributed by atoms with Crippen LogP contribution in [0.15, 0.2) is 35.9 Å². The van der Waals surface area contributed by atoms with Gasteiger partial charge in [0.05, 0.1) is 12.3 Å². The lowest BCUT2D eigenvalue weighted by Gasteiger charge is -2.07. The van der Waals surface area contributed by atoms with Gasteiger partial charge in [0.25, 0.3) is 0 Å². The molecule has 0 saturated heterocycles. The Bertz CT molecular complexity index is 610. The van der Waals surface area contributed by atoms with Crippen LogP contribution in [0.4, 0.5) is 5.69 Å². The Labute approximate surface area is 131 Å². The highest BCUT2D eigenvalue weighted by Gasteiger charge is 2.60. The monoisotopic (exact) mass is 300 g/mol. The fraction of sp³-hybridized carbons (Fsp3) is 0.444. The Morgan fingerprint density at radius 1 is 1.23 bits per heavy atom. The topological polar surface area (TPSA) is 72.2 Å². The maximum Gasteiger partial charge on any atom is 0.228 e. The normalized spacial score (nSPS) is 21.8. The molecule has 2 rings (SSSR count). The average molecular weight is 300 g/mol. The highest BCUT2D eigenvalue weighted by atomic mass is 16.2. The molecule has 3 N–H and O–H groups in total. The molecule has 0 aliphatic heterocycles. The van der Waals surface area contributed by atoms with Crippen LogP contribution in [0, 0.1) is 17.3 Å². The number of hydrogen-bond acceptors (Lipinski definition) is 2. The van der Waals surface area contributed by atoms with Gasteiger partial charge in [-0.1, -0.05) is 37.6 Å². The van der Waals surface area contributed by atoms with E-state index in [1.807, 2.05) is 24.3 Å². The van der Waals surface area contributed by atoms with Crippen molar-refractivity contribution in [3.8, 4) is 0 Å². The average Bonchev–Trinajstić information content (AvgIpc) is 2.91. The molecular formula is C18H24N2O2. The van der Waals surface area contributed by atoms with Crippen molar-refractivity contribution in [1.29, 1.82) is 0 Å². The molecule has 0 aromatic heterocycles. The molecule has 0 unspecified atom stereocenters. The van der Waals surface area contributed by atoms with Crippen molar-refractivity contribution in [2.24, 2.45) is 23.0 Å². The van der Waals surface area contributed by atoms with Crippen LogP contribution in [0.1, 0.15) is 33.3 Å². The zero-order chi connectivity index (χ0) is 16.5. The van der Waals surface area contributed by atoms with E-state index in [2.05, 4.69) is 39.1 Å². The van der Waals surface area contributed by atoms with Gasteiger partial charge < -0.3 is 11.1 Å². The number of hydrogen-bond donors (Lipinski definition) is 2. The lowest BCUT2D eigenvalue weighted by molar-refractivity contribution is -0.118. The third kappa shape index (κ3) is 3.56. The van der Waals surface area contributed by atoms with E-state index in [1.54, 1.807) is 0 Å². The lowest BCUT2D eigenvalue weighted by atomic mass is 10.1. The van der Waals surface area contributed by atoms with Crippen molar-refractivity contribution in [2.75, 3.05) is 5.32 Å². The maximum absolute atomic E-state index is 12.4. The predicted molar refractivity (Wildman–Crippen MR) is 88.2 cm³/mol. The van der Waals surface area contributed by atoms with Gasteiger partial charge in [-0.2, -0.15) is 0 Å². The third-order valence-corrected chi connectivity index (χ3v) is 4.31. The van der Waals surface area contributed by atoms with E-state index in [9.17, 15) is 9.59 Å². The lowest BCUT2D eigenvalue weighted by Crippen LogP contribution is -2.17. The predicted octanol–water partition coefficient (Wildman–Crippen LogP) is 2.89. The van der Waals surface area contributed by atoms with E-state index >= 15 is 0 Å². The second kappa shape index (κ2) is 5.95. The van der Waals surface area contributed by atoms with Gasteiger partial charge in [-0.05, 0) is 42.9 Å². The van der Waals surface area contributed by atoms with E-state index < -0.39 is 0 Å². The van der Waals surface area contributed by atoms with Crippen LogP contribution in [-0.4, -0.2) is 11.8 Å². The van der Waals surface area contributed by atoms with Crippen molar-refractivity contribution < 1.29 is 9.59 Å². The van der Waals surface area contributed by atoms with Crippen molar-refractivity contribution >= 4 is 17.5 Å². The summed E-state index contributed by atoms with van der Waals surface area (Å²) in [6.45, 7) is 8.36. The third-order valence-electron chi connectivity index (χ3n) is 4.31. The SMILES string of the molecule is CC(C)=C[C@@H]1[C@@H](C(=O)Nc2ccc(CC(N)=O)cc2)C1(C)C. The Kier molecular flexibility index (Phi) is 4.40. The molecule has 22 heavy (non-hydrogen) atoms. The number of rotatable bonds is 5. The van der Waals surface area contributed by atoms with Crippen LogP contribution < -0.4 is 11.1 Å². The van der Waals surface area contributed by atoms with Crippen LogP contribution in [0.3, 0.4) is 0 Å². The number of benzene rings is 1. The van der Waals surface area contributed by atoms with Crippen molar-refractivity contribution in [1.82, 2.24) is 0 Å². The second-order valence-corrected chi connectivity index (χ2v) is 6.90. The van der Waals surface area contributed by atoms with E-state index in [1.165, 1.54) is 5.57 Å². The molecule has 2 amide bonds. The Balaban J connectivity index is 2.01. The van der Waals surface area contributed by atoms with Gasteiger partial charge in [-0.3, -0.25) is 9.59 Å². The maximum atomic E-state index is 12.4. The van der Waals surface area contributed by atoms with Crippen LogP contribution >= 0.6 is 0 Å². The standard InChI is InChI=1S/C18H24N2O2/c1-11(2)9-14-16(18(14,3)4)17(22)20-13-7-5-12(6-8-13)10-15(19)21/h5-9,14,16H,10H2,1-4H3,(H2,19,21)(H,20,22)/t14-,16+/m1/s1. The number of carbonyl (C=O) groups is 2.